The van der Waals surface area contributed by atoms with Crippen molar-refractivity contribution in [3.05, 3.63) is 58.2 Å². The van der Waals surface area contributed by atoms with Crippen LogP contribution in [0.25, 0.3) is 11.2 Å². The molecule has 0 spiro atoms. The van der Waals surface area contributed by atoms with Crippen LogP contribution in [0.2, 0.25) is 0 Å². The molecular formula is C18H17IN6O2. The number of anilines is 1. The number of aromatic nitrogens is 4. The number of nitrogens with one attached hydrogen (secondary N) is 2. The Morgan fingerprint density at radius 2 is 2.19 bits per heavy atom. The fourth-order valence-corrected chi connectivity index (χ4v) is 3.49. The number of halogens is 1. The predicted octanol–water partition coefficient (Wildman–Crippen LogP) is 2.24. The van der Waals surface area contributed by atoms with Crippen molar-refractivity contribution in [3.8, 4) is 0 Å². The average Bonchev–Trinajstić information content (AvgIpc) is 3.33. The molecule has 1 aliphatic heterocycles. The third kappa shape index (κ3) is 3.65. The molecule has 138 valence electrons. The van der Waals surface area contributed by atoms with Gasteiger partial charge in [0, 0.05) is 17.2 Å². The summed E-state index contributed by atoms with van der Waals surface area (Å²) in [5, 5.41) is 5.90. The summed E-state index contributed by atoms with van der Waals surface area (Å²) < 4.78 is 8.73. The lowest BCUT2D eigenvalue weighted by atomic mass is 10.2. The first kappa shape index (κ1) is 17.9. The van der Waals surface area contributed by atoms with E-state index in [2.05, 4.69) is 66.4 Å². The highest BCUT2D eigenvalue weighted by molar-refractivity contribution is 14.1. The Balaban J connectivity index is 1.55. The van der Waals surface area contributed by atoms with Gasteiger partial charge in [0.2, 0.25) is 0 Å². The van der Waals surface area contributed by atoms with Crippen LogP contribution in [-0.2, 0) is 16.1 Å². The molecule has 4 rings (SSSR count). The van der Waals surface area contributed by atoms with Crippen molar-refractivity contribution in [2.45, 2.75) is 18.9 Å². The summed E-state index contributed by atoms with van der Waals surface area (Å²) >= 11 is 2.29. The number of imidazole rings is 1. The van der Waals surface area contributed by atoms with Gasteiger partial charge in [-0.3, -0.25) is 9.36 Å². The SMILES string of the molecule is CNC(=O)[C@@H]1C=C[C@H](n2cnc3c(NCc4cccc(I)c4)ncnc32)O1. The number of amides is 1. The fourth-order valence-electron chi connectivity index (χ4n) is 2.89. The van der Waals surface area contributed by atoms with E-state index in [1.165, 1.54) is 9.90 Å². The topological polar surface area (TPSA) is 94.0 Å². The molecule has 2 aromatic heterocycles. The Morgan fingerprint density at radius 3 is 3.00 bits per heavy atom. The van der Waals surface area contributed by atoms with Crippen molar-refractivity contribution in [2.24, 2.45) is 0 Å². The van der Waals surface area contributed by atoms with Gasteiger partial charge in [-0.25, -0.2) is 15.0 Å². The molecule has 0 fully saturated rings. The lowest BCUT2D eigenvalue weighted by Gasteiger charge is -2.14. The molecule has 0 radical (unpaired) electrons. The monoisotopic (exact) mass is 476 g/mol. The second-order valence-electron chi connectivity index (χ2n) is 5.98. The van der Waals surface area contributed by atoms with Gasteiger partial charge in [0.05, 0.1) is 6.33 Å². The minimum Gasteiger partial charge on any atom is -0.364 e. The molecule has 3 aromatic rings. The Bertz CT molecular complexity index is 1020. The molecule has 9 heteroatoms. The molecule has 1 aliphatic rings. The number of hydrogen-bond acceptors (Lipinski definition) is 6. The van der Waals surface area contributed by atoms with E-state index < -0.39 is 12.3 Å². The highest BCUT2D eigenvalue weighted by atomic mass is 127. The molecule has 0 unspecified atom stereocenters. The van der Waals surface area contributed by atoms with Crippen molar-refractivity contribution in [1.29, 1.82) is 0 Å². The molecule has 0 saturated heterocycles. The fraction of sp³-hybridized carbons (Fsp3) is 0.222. The Kier molecular flexibility index (Phi) is 5.03. The molecule has 0 saturated carbocycles. The molecular weight excluding hydrogens is 459 g/mol. The third-order valence-corrected chi connectivity index (χ3v) is 4.89. The van der Waals surface area contributed by atoms with Gasteiger partial charge in [0.15, 0.2) is 29.3 Å². The van der Waals surface area contributed by atoms with Crippen LogP contribution in [0.5, 0.6) is 0 Å². The van der Waals surface area contributed by atoms with Gasteiger partial charge in [0.25, 0.3) is 5.91 Å². The molecule has 8 nitrogen and oxygen atoms in total. The second kappa shape index (κ2) is 7.61. The molecule has 0 aliphatic carbocycles. The Labute approximate surface area is 169 Å². The summed E-state index contributed by atoms with van der Waals surface area (Å²) in [7, 11) is 1.58. The van der Waals surface area contributed by atoms with E-state index in [1.807, 2.05) is 12.1 Å². The largest absolute Gasteiger partial charge is 0.364 e. The molecule has 3 heterocycles. The quantitative estimate of drug-likeness (QED) is 0.434. The molecule has 1 amide bonds. The van der Waals surface area contributed by atoms with Gasteiger partial charge in [0.1, 0.15) is 6.33 Å². The van der Waals surface area contributed by atoms with E-state index in [9.17, 15) is 4.79 Å². The number of fused-ring (bicyclic) bond motifs is 1. The Hall–Kier alpha value is -2.53. The highest BCUT2D eigenvalue weighted by Gasteiger charge is 2.27. The van der Waals surface area contributed by atoms with Gasteiger partial charge in [-0.2, -0.15) is 0 Å². The van der Waals surface area contributed by atoms with Crippen LogP contribution in [0.3, 0.4) is 0 Å². The predicted molar refractivity (Wildman–Crippen MR) is 109 cm³/mol. The van der Waals surface area contributed by atoms with Gasteiger partial charge < -0.3 is 15.4 Å². The maximum absolute atomic E-state index is 11.7. The van der Waals surface area contributed by atoms with Crippen LogP contribution in [0, 0.1) is 3.57 Å². The van der Waals surface area contributed by atoms with Crippen molar-refractivity contribution in [1.82, 2.24) is 24.8 Å². The number of ether oxygens (including phenoxy) is 1. The molecule has 0 bridgehead atoms. The summed E-state index contributed by atoms with van der Waals surface area (Å²) in [5.74, 6) is 0.468. The summed E-state index contributed by atoms with van der Waals surface area (Å²) in [5.41, 5.74) is 2.45. The summed E-state index contributed by atoms with van der Waals surface area (Å²) in [6, 6.07) is 8.24. The smallest absolute Gasteiger partial charge is 0.253 e. The van der Waals surface area contributed by atoms with Gasteiger partial charge in [-0.05, 0) is 52.4 Å². The van der Waals surface area contributed by atoms with Crippen LogP contribution in [-0.4, -0.2) is 38.6 Å². The average molecular weight is 476 g/mol. The zero-order valence-corrected chi connectivity index (χ0v) is 16.6. The van der Waals surface area contributed by atoms with E-state index in [4.69, 9.17) is 4.74 Å². The minimum atomic E-state index is -0.613. The van der Waals surface area contributed by atoms with E-state index >= 15 is 0 Å². The number of carbonyl (C=O) groups is 1. The van der Waals surface area contributed by atoms with E-state index in [-0.39, 0.29) is 5.91 Å². The molecule has 1 aromatic carbocycles. The highest BCUT2D eigenvalue weighted by Crippen LogP contribution is 2.26. The van der Waals surface area contributed by atoms with Crippen molar-refractivity contribution in [2.75, 3.05) is 12.4 Å². The first-order chi connectivity index (χ1) is 13.2. The van der Waals surface area contributed by atoms with Crippen molar-refractivity contribution in [3.63, 3.8) is 0 Å². The van der Waals surface area contributed by atoms with E-state index in [0.29, 0.717) is 23.5 Å². The number of nitrogens with zero attached hydrogens (tertiary/aromatic N) is 4. The van der Waals surface area contributed by atoms with Crippen LogP contribution in [0.1, 0.15) is 11.8 Å². The van der Waals surface area contributed by atoms with Crippen LogP contribution in [0.15, 0.2) is 49.1 Å². The van der Waals surface area contributed by atoms with Gasteiger partial charge in [-0.1, -0.05) is 12.1 Å². The van der Waals surface area contributed by atoms with Crippen molar-refractivity contribution < 1.29 is 9.53 Å². The summed E-state index contributed by atoms with van der Waals surface area (Å²) in [6.07, 6.45) is 5.65. The number of likely N-dealkylation sites (N-methyl/N-ethyl adjacent to an activating group) is 1. The molecule has 2 atom stereocenters. The maximum atomic E-state index is 11.7. The van der Waals surface area contributed by atoms with Crippen LogP contribution >= 0.6 is 22.6 Å². The van der Waals surface area contributed by atoms with Gasteiger partial charge in [-0.15, -0.1) is 0 Å². The number of carbonyl (C=O) groups excluding carboxylic acids is 1. The first-order valence-electron chi connectivity index (χ1n) is 8.37. The lowest BCUT2D eigenvalue weighted by molar-refractivity contribution is -0.131. The summed E-state index contributed by atoms with van der Waals surface area (Å²) in [6.45, 7) is 0.633. The molecule has 27 heavy (non-hydrogen) atoms. The van der Waals surface area contributed by atoms with E-state index in [1.54, 1.807) is 24.0 Å². The molecule has 2 N–H and O–H groups in total. The second-order valence-corrected chi connectivity index (χ2v) is 7.22. The Morgan fingerprint density at radius 1 is 1.30 bits per heavy atom. The minimum absolute atomic E-state index is 0.187. The number of benzene rings is 1. The summed E-state index contributed by atoms with van der Waals surface area (Å²) in [4.78, 5) is 24.8. The van der Waals surface area contributed by atoms with Gasteiger partial charge >= 0.3 is 0 Å². The van der Waals surface area contributed by atoms with Crippen molar-refractivity contribution >= 4 is 45.5 Å². The van der Waals surface area contributed by atoms with E-state index in [0.717, 1.165) is 5.56 Å². The zero-order chi connectivity index (χ0) is 18.8. The third-order valence-electron chi connectivity index (χ3n) is 4.22. The standard InChI is InChI=1S/C18H17IN6O2/c1-20-18(26)13-5-6-14(27-13)25-10-24-15-16(22-9-23-17(15)25)21-8-11-3-2-4-12(19)7-11/h2-7,9-10,13-14H,8H2,1H3,(H,20,26)(H,21,22,23)/t13-,14+/m0/s1. The zero-order valence-electron chi connectivity index (χ0n) is 14.5. The number of rotatable bonds is 5. The number of hydrogen-bond donors (Lipinski definition) is 2. The lowest BCUT2D eigenvalue weighted by Crippen LogP contribution is -2.31. The van der Waals surface area contributed by atoms with Crippen LogP contribution in [0.4, 0.5) is 5.82 Å². The normalized spacial score (nSPS) is 18.7. The first-order valence-corrected chi connectivity index (χ1v) is 9.45. The van der Waals surface area contributed by atoms with Crippen LogP contribution < -0.4 is 10.6 Å². The maximum Gasteiger partial charge on any atom is 0.253 e.